The summed E-state index contributed by atoms with van der Waals surface area (Å²) in [7, 11) is 0. The molecule has 120 valence electrons. The molecule has 0 aromatic carbocycles. The molecular formula is C18H10N4S3. The summed E-state index contributed by atoms with van der Waals surface area (Å²) in [5.74, 6) is 0. The van der Waals surface area contributed by atoms with E-state index in [1.807, 2.05) is 40.4 Å². The van der Waals surface area contributed by atoms with E-state index in [-0.39, 0.29) is 0 Å². The second kappa shape index (κ2) is 7.07. The predicted molar refractivity (Wildman–Crippen MR) is 104 cm³/mol. The number of pyridine rings is 1. The van der Waals surface area contributed by atoms with Gasteiger partial charge in [-0.1, -0.05) is 6.07 Å². The molecule has 7 heteroatoms. The van der Waals surface area contributed by atoms with E-state index in [0.717, 1.165) is 27.7 Å². The number of thiophene rings is 1. The minimum Gasteiger partial charge on any atom is -0.255 e. The van der Waals surface area contributed by atoms with Gasteiger partial charge in [-0.2, -0.15) is 16.6 Å². The van der Waals surface area contributed by atoms with Crippen LogP contribution in [0.4, 0.5) is 0 Å². The molecule has 0 bridgehead atoms. The van der Waals surface area contributed by atoms with Crippen LogP contribution in [0, 0.1) is 11.3 Å². The fourth-order valence-electron chi connectivity index (χ4n) is 2.19. The number of allylic oxidation sites excluding steroid dienone is 1. The van der Waals surface area contributed by atoms with Crippen LogP contribution in [0.3, 0.4) is 0 Å². The lowest BCUT2D eigenvalue weighted by molar-refractivity contribution is 1.27. The first kappa shape index (κ1) is 15.8. The van der Waals surface area contributed by atoms with E-state index >= 15 is 0 Å². The average Bonchev–Trinajstić information content (AvgIpc) is 3.41. The third-order valence-electron chi connectivity index (χ3n) is 3.36. The van der Waals surface area contributed by atoms with Gasteiger partial charge in [0.1, 0.15) is 21.8 Å². The summed E-state index contributed by atoms with van der Waals surface area (Å²) in [5.41, 5.74) is 3.97. The van der Waals surface area contributed by atoms with Gasteiger partial charge in [-0.3, -0.25) is 4.98 Å². The molecule has 0 N–H and O–H groups in total. The standard InChI is InChI=1S/C18H10N4S3/c19-8-13(7-14-10-24-17(21-14)12-4-6-23-9-12)18-22-16(11-25-18)15-3-1-2-5-20-15/h1-7,9-11H. The summed E-state index contributed by atoms with van der Waals surface area (Å²) in [6.07, 6.45) is 3.52. The van der Waals surface area contributed by atoms with Gasteiger partial charge in [-0.25, -0.2) is 9.97 Å². The monoisotopic (exact) mass is 378 g/mol. The lowest BCUT2D eigenvalue weighted by Crippen LogP contribution is -1.85. The molecule has 0 radical (unpaired) electrons. The lowest BCUT2D eigenvalue weighted by atomic mass is 10.2. The van der Waals surface area contributed by atoms with Gasteiger partial charge in [0, 0.05) is 27.9 Å². The molecule has 0 amide bonds. The summed E-state index contributed by atoms with van der Waals surface area (Å²) < 4.78 is 0. The Morgan fingerprint density at radius 1 is 1.04 bits per heavy atom. The van der Waals surface area contributed by atoms with E-state index < -0.39 is 0 Å². The third kappa shape index (κ3) is 3.42. The first-order chi connectivity index (χ1) is 12.3. The maximum Gasteiger partial charge on any atom is 0.134 e. The first-order valence-electron chi connectivity index (χ1n) is 7.30. The Morgan fingerprint density at radius 3 is 2.76 bits per heavy atom. The molecule has 0 saturated carbocycles. The Kier molecular flexibility index (Phi) is 4.48. The average molecular weight is 379 g/mol. The van der Waals surface area contributed by atoms with Gasteiger partial charge in [0.05, 0.1) is 17.0 Å². The van der Waals surface area contributed by atoms with Crippen molar-refractivity contribution in [2.24, 2.45) is 0 Å². The van der Waals surface area contributed by atoms with Gasteiger partial charge >= 0.3 is 0 Å². The smallest absolute Gasteiger partial charge is 0.134 e. The molecule has 4 nitrogen and oxygen atoms in total. The second-order valence-electron chi connectivity index (χ2n) is 5.01. The van der Waals surface area contributed by atoms with Crippen LogP contribution in [0.15, 0.2) is 52.0 Å². The number of hydrogen-bond donors (Lipinski definition) is 0. The quantitative estimate of drug-likeness (QED) is 0.443. The molecule has 25 heavy (non-hydrogen) atoms. The van der Waals surface area contributed by atoms with Crippen LogP contribution in [-0.4, -0.2) is 15.0 Å². The number of thiazole rings is 2. The third-order valence-corrected chi connectivity index (χ3v) is 5.83. The molecule has 4 aromatic heterocycles. The Balaban J connectivity index is 1.64. The maximum absolute atomic E-state index is 9.52. The van der Waals surface area contributed by atoms with Crippen molar-refractivity contribution in [3.8, 4) is 28.0 Å². The van der Waals surface area contributed by atoms with Crippen LogP contribution in [0.1, 0.15) is 10.7 Å². The summed E-state index contributed by atoms with van der Waals surface area (Å²) in [4.78, 5) is 13.4. The summed E-state index contributed by atoms with van der Waals surface area (Å²) in [6, 6.07) is 9.97. The van der Waals surface area contributed by atoms with Gasteiger partial charge in [-0.15, -0.1) is 22.7 Å². The molecule has 0 aliphatic rings. The minimum absolute atomic E-state index is 0.509. The zero-order valence-electron chi connectivity index (χ0n) is 12.8. The lowest BCUT2D eigenvalue weighted by Gasteiger charge is -1.94. The largest absolute Gasteiger partial charge is 0.255 e. The van der Waals surface area contributed by atoms with Gasteiger partial charge in [0.25, 0.3) is 0 Å². The number of nitriles is 1. The van der Waals surface area contributed by atoms with Gasteiger partial charge < -0.3 is 0 Å². The van der Waals surface area contributed by atoms with Crippen molar-refractivity contribution in [3.63, 3.8) is 0 Å². The fourth-order valence-corrected chi connectivity index (χ4v) is 4.46. The number of nitrogens with zero attached hydrogens (tertiary/aromatic N) is 4. The van der Waals surface area contributed by atoms with Crippen LogP contribution >= 0.6 is 34.0 Å². The summed E-state index contributed by atoms with van der Waals surface area (Å²) in [5, 5.41) is 19.1. The molecule has 0 fully saturated rings. The van der Waals surface area contributed by atoms with Crippen LogP contribution in [0.2, 0.25) is 0 Å². The van der Waals surface area contributed by atoms with E-state index in [2.05, 4.69) is 26.4 Å². The van der Waals surface area contributed by atoms with E-state index in [0.29, 0.717) is 10.6 Å². The van der Waals surface area contributed by atoms with Crippen molar-refractivity contribution < 1.29 is 0 Å². The van der Waals surface area contributed by atoms with Gasteiger partial charge in [0.15, 0.2) is 0 Å². The highest BCUT2D eigenvalue weighted by Gasteiger charge is 2.11. The molecule has 4 heterocycles. The predicted octanol–water partition coefficient (Wildman–Crippen LogP) is 5.45. The summed E-state index contributed by atoms with van der Waals surface area (Å²) >= 11 is 4.65. The van der Waals surface area contributed by atoms with Crippen LogP contribution in [0.25, 0.3) is 33.6 Å². The van der Waals surface area contributed by atoms with Crippen molar-refractivity contribution in [2.75, 3.05) is 0 Å². The van der Waals surface area contributed by atoms with E-state index in [1.165, 1.54) is 11.3 Å². The minimum atomic E-state index is 0.509. The van der Waals surface area contributed by atoms with Gasteiger partial charge in [-0.05, 0) is 29.7 Å². The molecule has 0 aliphatic heterocycles. The fraction of sp³-hybridized carbons (Fsp3) is 0. The van der Waals surface area contributed by atoms with E-state index in [1.54, 1.807) is 34.9 Å². The molecule has 4 rings (SSSR count). The molecule has 0 aliphatic carbocycles. The highest BCUT2D eigenvalue weighted by Crippen LogP contribution is 2.29. The maximum atomic E-state index is 9.52. The van der Waals surface area contributed by atoms with Crippen molar-refractivity contribution in [3.05, 3.63) is 62.7 Å². The Hall–Kier alpha value is -2.66. The molecule has 4 aromatic rings. The van der Waals surface area contributed by atoms with Crippen molar-refractivity contribution in [2.45, 2.75) is 0 Å². The molecule has 0 spiro atoms. The van der Waals surface area contributed by atoms with E-state index in [9.17, 15) is 5.26 Å². The van der Waals surface area contributed by atoms with Gasteiger partial charge in [0.2, 0.25) is 0 Å². The van der Waals surface area contributed by atoms with E-state index in [4.69, 9.17) is 0 Å². The second-order valence-corrected chi connectivity index (χ2v) is 7.51. The Morgan fingerprint density at radius 2 is 2.00 bits per heavy atom. The molecule has 0 atom stereocenters. The molecular weight excluding hydrogens is 368 g/mol. The Labute approximate surface area is 156 Å². The molecule has 0 unspecified atom stereocenters. The zero-order chi connectivity index (χ0) is 17.1. The number of hydrogen-bond acceptors (Lipinski definition) is 7. The number of aromatic nitrogens is 3. The highest BCUT2D eigenvalue weighted by molar-refractivity contribution is 7.14. The molecule has 0 saturated heterocycles. The SMILES string of the molecule is N#CC(=Cc1csc(-c2ccsc2)n1)c1nc(-c2ccccn2)cs1. The van der Waals surface area contributed by atoms with Crippen LogP contribution < -0.4 is 0 Å². The topological polar surface area (TPSA) is 62.5 Å². The normalized spacial score (nSPS) is 11.4. The van der Waals surface area contributed by atoms with Crippen LogP contribution in [0.5, 0.6) is 0 Å². The Bertz CT molecular complexity index is 1050. The summed E-state index contributed by atoms with van der Waals surface area (Å²) in [6.45, 7) is 0. The zero-order valence-corrected chi connectivity index (χ0v) is 15.2. The van der Waals surface area contributed by atoms with Crippen molar-refractivity contribution >= 4 is 45.7 Å². The number of rotatable bonds is 4. The van der Waals surface area contributed by atoms with Crippen LogP contribution in [-0.2, 0) is 0 Å². The van der Waals surface area contributed by atoms with Crippen molar-refractivity contribution in [1.82, 2.24) is 15.0 Å². The highest BCUT2D eigenvalue weighted by atomic mass is 32.1. The first-order valence-corrected chi connectivity index (χ1v) is 10.0. The van der Waals surface area contributed by atoms with Crippen molar-refractivity contribution in [1.29, 1.82) is 5.26 Å².